The van der Waals surface area contributed by atoms with E-state index in [0.717, 1.165) is 16.5 Å². The van der Waals surface area contributed by atoms with Crippen LogP contribution in [0.1, 0.15) is 24.1 Å². The average molecular weight is 338 g/mol. The molecule has 0 aliphatic rings. The molecule has 0 saturated heterocycles. The van der Waals surface area contributed by atoms with Crippen LogP contribution in [-0.4, -0.2) is 12.6 Å². The molecule has 0 bridgehead atoms. The smallest absolute Gasteiger partial charge is 0.461 e. The van der Waals surface area contributed by atoms with Crippen molar-refractivity contribution in [2.45, 2.75) is 26.3 Å². The molecule has 25 heavy (non-hydrogen) atoms. The first kappa shape index (κ1) is 16.9. The van der Waals surface area contributed by atoms with Gasteiger partial charge < -0.3 is 9.15 Å². The summed E-state index contributed by atoms with van der Waals surface area (Å²) in [6, 6.07) is 14.4. The fraction of sp³-hybridized carbons (Fsp3) is 0.250. The zero-order valence-corrected chi connectivity index (χ0v) is 14.3. The van der Waals surface area contributed by atoms with E-state index >= 15 is 0 Å². The van der Waals surface area contributed by atoms with E-state index in [0.29, 0.717) is 12.0 Å². The second-order valence-corrected chi connectivity index (χ2v) is 5.86. The molecule has 2 aromatic carbocycles. The van der Waals surface area contributed by atoms with Crippen LogP contribution in [0.25, 0.3) is 11.0 Å². The Balaban J connectivity index is 2.09. The van der Waals surface area contributed by atoms with Gasteiger partial charge in [-0.3, -0.25) is 0 Å². The quantitative estimate of drug-likeness (QED) is 0.530. The number of carbonyl (C=O) groups excluding carboxylic acids is 1. The third-order valence-corrected chi connectivity index (χ3v) is 4.09. The van der Waals surface area contributed by atoms with Crippen LogP contribution >= 0.6 is 0 Å². The molecule has 1 aromatic heterocycles. The molecule has 0 saturated carbocycles. The Hall–Kier alpha value is -2.95. The number of carbonyl (C=O) groups is 1. The number of aryl methyl sites for hydroxylation is 1. The first-order valence-electron chi connectivity index (χ1n) is 8.25. The summed E-state index contributed by atoms with van der Waals surface area (Å²) in [6.45, 7) is 3.87. The van der Waals surface area contributed by atoms with E-state index in [1.165, 1.54) is 4.57 Å². The minimum absolute atomic E-state index is 0.253. The molecule has 1 unspecified atom stereocenters. The number of hydrogen-bond acceptors (Lipinski definition) is 4. The van der Waals surface area contributed by atoms with Crippen LogP contribution in [0, 0.1) is 6.92 Å². The molecular formula is C20H20NO4+. The number of fused-ring (bicyclic) bond motifs is 1. The lowest BCUT2D eigenvalue weighted by Crippen LogP contribution is -2.56. The molecular weight excluding hydrogens is 318 g/mol. The van der Waals surface area contributed by atoms with Crippen LogP contribution in [0.3, 0.4) is 0 Å². The molecule has 0 aliphatic carbocycles. The number of ether oxygens (including phenoxy) is 1. The summed E-state index contributed by atoms with van der Waals surface area (Å²) in [7, 11) is 0. The third kappa shape index (κ3) is 3.60. The lowest BCUT2D eigenvalue weighted by atomic mass is 10.1. The summed E-state index contributed by atoms with van der Waals surface area (Å²) in [5, 5.41) is 0.766. The maximum absolute atomic E-state index is 12.5. The molecule has 3 rings (SSSR count). The summed E-state index contributed by atoms with van der Waals surface area (Å²) in [4.78, 5) is 25.0. The Bertz CT molecular complexity index is 947. The monoisotopic (exact) mass is 338 g/mol. The molecule has 0 aliphatic heterocycles. The van der Waals surface area contributed by atoms with Crippen LogP contribution in [0.4, 0.5) is 0 Å². The topological polar surface area (TPSA) is 60.4 Å². The van der Waals surface area contributed by atoms with Gasteiger partial charge in [-0.05, 0) is 31.0 Å². The fourth-order valence-electron chi connectivity index (χ4n) is 2.85. The number of esters is 1. The average Bonchev–Trinajstić information content (AvgIpc) is 2.61. The molecule has 3 aromatic rings. The van der Waals surface area contributed by atoms with Gasteiger partial charge in [-0.25, -0.2) is 4.79 Å². The normalized spacial score (nSPS) is 12.1. The van der Waals surface area contributed by atoms with Crippen molar-refractivity contribution in [3.05, 3.63) is 76.4 Å². The number of hydrogen-bond donors (Lipinski definition) is 0. The van der Waals surface area contributed by atoms with Crippen LogP contribution in [0.2, 0.25) is 0 Å². The van der Waals surface area contributed by atoms with E-state index in [2.05, 4.69) is 0 Å². The van der Waals surface area contributed by atoms with Gasteiger partial charge in [0.1, 0.15) is 0 Å². The predicted octanol–water partition coefficient (Wildman–Crippen LogP) is 2.74. The summed E-state index contributed by atoms with van der Waals surface area (Å²) >= 11 is 0. The maximum Gasteiger partial charge on any atom is 0.602 e. The van der Waals surface area contributed by atoms with Crippen LogP contribution in [0.15, 0.2) is 63.9 Å². The molecule has 5 nitrogen and oxygen atoms in total. The molecule has 128 valence electrons. The number of benzene rings is 2. The van der Waals surface area contributed by atoms with Crippen LogP contribution < -0.4 is 10.3 Å². The molecule has 0 spiro atoms. The van der Waals surface area contributed by atoms with Gasteiger partial charge in [0.25, 0.3) is 6.04 Å². The molecule has 0 radical (unpaired) electrons. The van der Waals surface area contributed by atoms with Gasteiger partial charge in [0.2, 0.25) is 0 Å². The van der Waals surface area contributed by atoms with Gasteiger partial charge in [0.15, 0.2) is 11.8 Å². The van der Waals surface area contributed by atoms with Crippen LogP contribution in [0.5, 0.6) is 0 Å². The standard InChI is InChI=1S/C20H20NO4/c1-3-24-19(22)17(12-15-9-5-4-6-10-15)21-13-16-11-7-8-14(2)18(16)25-20(21)23/h4-11,13,17H,3,12H2,1-2H3/q+1. The van der Waals surface area contributed by atoms with Crippen molar-refractivity contribution in [2.24, 2.45) is 0 Å². The lowest BCUT2D eigenvalue weighted by Gasteiger charge is -2.11. The zero-order valence-electron chi connectivity index (χ0n) is 14.3. The van der Waals surface area contributed by atoms with E-state index in [9.17, 15) is 9.59 Å². The van der Waals surface area contributed by atoms with E-state index in [-0.39, 0.29) is 6.61 Å². The maximum atomic E-state index is 12.5. The Morgan fingerprint density at radius 3 is 2.64 bits per heavy atom. The van der Waals surface area contributed by atoms with E-state index in [1.807, 2.05) is 55.5 Å². The highest BCUT2D eigenvalue weighted by Crippen LogP contribution is 2.16. The Labute approximate surface area is 145 Å². The van der Waals surface area contributed by atoms with E-state index in [1.54, 1.807) is 13.1 Å². The Kier molecular flexibility index (Phi) is 4.93. The van der Waals surface area contributed by atoms with Gasteiger partial charge in [0, 0.05) is 6.42 Å². The lowest BCUT2D eigenvalue weighted by molar-refractivity contribution is -0.733. The van der Waals surface area contributed by atoms with Crippen molar-refractivity contribution >= 4 is 16.9 Å². The summed E-state index contributed by atoms with van der Waals surface area (Å²) in [5.41, 5.74) is 2.35. The van der Waals surface area contributed by atoms with Crippen molar-refractivity contribution < 1.29 is 18.5 Å². The third-order valence-electron chi connectivity index (χ3n) is 4.09. The fourth-order valence-corrected chi connectivity index (χ4v) is 2.85. The SMILES string of the molecule is CCOC(=O)C(Cc1ccccc1)[n+]1cc2cccc(C)c2oc1=O. The summed E-state index contributed by atoms with van der Waals surface area (Å²) in [5.74, 6) is -1.02. The van der Waals surface area contributed by atoms with Crippen molar-refractivity contribution in [3.8, 4) is 0 Å². The number of para-hydroxylation sites is 1. The highest BCUT2D eigenvalue weighted by atomic mass is 16.5. The number of aromatic nitrogens is 1. The Morgan fingerprint density at radius 1 is 1.16 bits per heavy atom. The van der Waals surface area contributed by atoms with Gasteiger partial charge in [-0.1, -0.05) is 42.5 Å². The molecule has 0 amide bonds. The van der Waals surface area contributed by atoms with E-state index < -0.39 is 17.8 Å². The second kappa shape index (κ2) is 7.30. The predicted molar refractivity (Wildman–Crippen MR) is 93.2 cm³/mol. The number of nitrogens with zero attached hydrogens (tertiary/aromatic N) is 1. The zero-order chi connectivity index (χ0) is 17.8. The minimum Gasteiger partial charge on any atom is -0.461 e. The number of rotatable bonds is 5. The van der Waals surface area contributed by atoms with Crippen molar-refractivity contribution in [3.63, 3.8) is 0 Å². The highest BCUT2D eigenvalue weighted by Gasteiger charge is 2.33. The highest BCUT2D eigenvalue weighted by molar-refractivity contribution is 5.78. The van der Waals surface area contributed by atoms with E-state index in [4.69, 9.17) is 9.15 Å². The first-order valence-corrected chi connectivity index (χ1v) is 8.25. The first-order chi connectivity index (χ1) is 12.1. The summed E-state index contributed by atoms with van der Waals surface area (Å²) in [6.07, 6.45) is 2.02. The second-order valence-electron chi connectivity index (χ2n) is 5.86. The molecule has 0 N–H and O–H groups in total. The molecule has 1 heterocycles. The van der Waals surface area contributed by atoms with Crippen molar-refractivity contribution in [2.75, 3.05) is 6.61 Å². The summed E-state index contributed by atoms with van der Waals surface area (Å²) < 4.78 is 12.0. The molecule has 0 fully saturated rings. The largest absolute Gasteiger partial charge is 0.602 e. The van der Waals surface area contributed by atoms with Gasteiger partial charge >= 0.3 is 11.7 Å². The van der Waals surface area contributed by atoms with Gasteiger partial charge in [-0.2, -0.15) is 4.79 Å². The van der Waals surface area contributed by atoms with Crippen molar-refractivity contribution in [1.29, 1.82) is 0 Å². The van der Waals surface area contributed by atoms with Gasteiger partial charge in [0.05, 0.1) is 12.0 Å². The Morgan fingerprint density at radius 2 is 1.92 bits per heavy atom. The van der Waals surface area contributed by atoms with Crippen molar-refractivity contribution in [1.82, 2.24) is 0 Å². The molecule has 1 atom stereocenters. The molecule has 5 heteroatoms. The van der Waals surface area contributed by atoms with Crippen LogP contribution in [-0.2, 0) is 16.0 Å². The minimum atomic E-state index is -0.775. The van der Waals surface area contributed by atoms with Gasteiger partial charge in [-0.15, -0.1) is 4.57 Å².